The van der Waals surface area contributed by atoms with Gasteiger partial charge >= 0.3 is 0 Å². The molecule has 3 rings (SSSR count). The van der Waals surface area contributed by atoms with Crippen molar-refractivity contribution in [1.29, 1.82) is 0 Å². The van der Waals surface area contributed by atoms with Gasteiger partial charge < -0.3 is 19.6 Å². The summed E-state index contributed by atoms with van der Waals surface area (Å²) in [5.41, 5.74) is 0.201. The Morgan fingerprint density at radius 3 is 2.88 bits per heavy atom. The fraction of sp³-hybridized carbons (Fsp3) is 0.579. The number of halogens is 1. The van der Waals surface area contributed by atoms with E-state index in [2.05, 4.69) is 0 Å². The average Bonchev–Trinajstić information content (AvgIpc) is 2.62. The first kappa shape index (κ1) is 19.0. The number of phenols is 1. The van der Waals surface area contributed by atoms with Crippen LogP contribution in [0.4, 0.5) is 0 Å². The Labute approximate surface area is 158 Å². The number of carbonyl (C=O) groups is 2. The second-order valence-electron chi connectivity index (χ2n) is 7.30. The molecule has 1 spiro atoms. The average molecular weight is 381 g/mol. The molecule has 1 aromatic carbocycles. The van der Waals surface area contributed by atoms with Crippen LogP contribution in [0.1, 0.15) is 36.0 Å². The maximum absolute atomic E-state index is 12.9. The molecule has 7 heteroatoms. The molecule has 2 fully saturated rings. The summed E-state index contributed by atoms with van der Waals surface area (Å²) in [6.07, 6.45) is 3.20. The first-order valence-corrected chi connectivity index (χ1v) is 9.36. The van der Waals surface area contributed by atoms with Crippen LogP contribution >= 0.6 is 11.6 Å². The molecule has 2 heterocycles. The van der Waals surface area contributed by atoms with Crippen LogP contribution in [0.2, 0.25) is 5.02 Å². The van der Waals surface area contributed by atoms with E-state index in [0.29, 0.717) is 44.2 Å². The Kier molecular flexibility index (Phi) is 5.73. The third kappa shape index (κ3) is 3.96. The Hall–Kier alpha value is -1.79. The molecule has 1 N–H and O–H groups in total. The Balaban J connectivity index is 1.74. The Morgan fingerprint density at radius 2 is 2.15 bits per heavy atom. The van der Waals surface area contributed by atoms with E-state index in [1.807, 2.05) is 4.90 Å². The third-order valence-corrected chi connectivity index (χ3v) is 5.69. The number of likely N-dealkylation sites (tertiary alicyclic amines) is 2. The van der Waals surface area contributed by atoms with Crippen LogP contribution in [0.3, 0.4) is 0 Å². The number of ether oxygens (including phenoxy) is 1. The lowest BCUT2D eigenvalue weighted by molar-refractivity contribution is -0.139. The summed E-state index contributed by atoms with van der Waals surface area (Å²) < 4.78 is 5.11. The van der Waals surface area contributed by atoms with E-state index >= 15 is 0 Å². The molecule has 0 saturated carbocycles. The molecule has 2 amide bonds. The number of aromatic hydroxyl groups is 1. The van der Waals surface area contributed by atoms with Crippen molar-refractivity contribution in [2.75, 3.05) is 39.9 Å². The van der Waals surface area contributed by atoms with Crippen LogP contribution in [-0.2, 0) is 9.53 Å². The van der Waals surface area contributed by atoms with Gasteiger partial charge in [-0.15, -0.1) is 0 Å². The zero-order valence-electron chi connectivity index (χ0n) is 15.0. The molecule has 142 valence electrons. The predicted molar refractivity (Wildman–Crippen MR) is 98.4 cm³/mol. The van der Waals surface area contributed by atoms with Gasteiger partial charge in [0.15, 0.2) is 0 Å². The van der Waals surface area contributed by atoms with Crippen LogP contribution in [-0.4, -0.2) is 66.6 Å². The summed E-state index contributed by atoms with van der Waals surface area (Å²) in [7, 11) is 1.63. The van der Waals surface area contributed by atoms with Crippen molar-refractivity contribution in [1.82, 2.24) is 9.80 Å². The Morgan fingerprint density at radius 1 is 1.35 bits per heavy atom. The molecule has 0 aliphatic carbocycles. The highest BCUT2D eigenvalue weighted by atomic mass is 35.5. The second kappa shape index (κ2) is 7.84. The van der Waals surface area contributed by atoms with Crippen LogP contribution < -0.4 is 0 Å². The van der Waals surface area contributed by atoms with Gasteiger partial charge in [-0.2, -0.15) is 0 Å². The van der Waals surface area contributed by atoms with Crippen molar-refractivity contribution in [3.05, 3.63) is 28.8 Å². The van der Waals surface area contributed by atoms with Crippen LogP contribution in [0.25, 0.3) is 0 Å². The summed E-state index contributed by atoms with van der Waals surface area (Å²) >= 11 is 5.86. The highest BCUT2D eigenvalue weighted by molar-refractivity contribution is 6.30. The third-order valence-electron chi connectivity index (χ3n) is 5.45. The maximum Gasteiger partial charge on any atom is 0.257 e. The number of rotatable bonds is 4. The van der Waals surface area contributed by atoms with Gasteiger partial charge in [0.25, 0.3) is 5.91 Å². The van der Waals surface area contributed by atoms with E-state index in [-0.39, 0.29) is 28.5 Å². The van der Waals surface area contributed by atoms with Crippen LogP contribution in [0.15, 0.2) is 18.2 Å². The van der Waals surface area contributed by atoms with Gasteiger partial charge in [-0.3, -0.25) is 9.59 Å². The number of hydrogen-bond donors (Lipinski definition) is 1. The number of amides is 2. The van der Waals surface area contributed by atoms with Crippen LogP contribution in [0.5, 0.6) is 5.75 Å². The van der Waals surface area contributed by atoms with Crippen molar-refractivity contribution < 1.29 is 19.4 Å². The molecule has 2 aliphatic heterocycles. The summed E-state index contributed by atoms with van der Waals surface area (Å²) in [5, 5.41) is 10.5. The summed E-state index contributed by atoms with van der Waals surface area (Å²) in [6, 6.07) is 4.57. The molecule has 0 radical (unpaired) electrons. The van der Waals surface area contributed by atoms with E-state index < -0.39 is 0 Å². The molecular formula is C19H25ClN2O4. The fourth-order valence-electron chi connectivity index (χ4n) is 4.08. The van der Waals surface area contributed by atoms with E-state index in [1.54, 1.807) is 24.1 Å². The minimum atomic E-state index is -0.182. The SMILES string of the molecule is COCCN1C[C@]2(CCCN(C(=O)c3ccc(Cl)cc3O)C2)CCC1=O. The second-order valence-corrected chi connectivity index (χ2v) is 7.74. The van der Waals surface area contributed by atoms with Gasteiger partial charge in [-0.25, -0.2) is 0 Å². The van der Waals surface area contributed by atoms with Crippen LogP contribution in [0, 0.1) is 5.41 Å². The molecule has 1 atom stereocenters. The van der Waals surface area contributed by atoms with E-state index in [4.69, 9.17) is 16.3 Å². The number of hydrogen-bond acceptors (Lipinski definition) is 4. The molecule has 0 aromatic heterocycles. The maximum atomic E-state index is 12.9. The van der Waals surface area contributed by atoms with Crippen molar-refractivity contribution in [2.45, 2.75) is 25.7 Å². The minimum Gasteiger partial charge on any atom is -0.507 e. The molecule has 0 bridgehead atoms. The Bertz CT molecular complexity index is 696. The molecule has 0 unspecified atom stereocenters. The molecule has 26 heavy (non-hydrogen) atoms. The lowest BCUT2D eigenvalue weighted by atomic mass is 9.73. The molecule has 2 saturated heterocycles. The fourth-order valence-corrected chi connectivity index (χ4v) is 4.24. The van der Waals surface area contributed by atoms with Crippen molar-refractivity contribution in [3.63, 3.8) is 0 Å². The van der Waals surface area contributed by atoms with E-state index in [9.17, 15) is 14.7 Å². The van der Waals surface area contributed by atoms with Gasteiger partial charge in [0.2, 0.25) is 5.91 Å². The zero-order valence-corrected chi connectivity index (χ0v) is 15.8. The number of carbonyl (C=O) groups excluding carboxylic acids is 2. The van der Waals surface area contributed by atoms with Crippen molar-refractivity contribution in [2.24, 2.45) is 5.41 Å². The molecule has 2 aliphatic rings. The summed E-state index contributed by atoms with van der Waals surface area (Å²) in [4.78, 5) is 28.7. The van der Waals surface area contributed by atoms with Crippen molar-refractivity contribution in [3.8, 4) is 5.75 Å². The number of phenolic OH excluding ortho intramolecular Hbond substituents is 1. The van der Waals surface area contributed by atoms with Gasteiger partial charge in [0, 0.05) is 50.1 Å². The molecule has 1 aromatic rings. The normalized spacial score (nSPS) is 23.5. The van der Waals surface area contributed by atoms with Gasteiger partial charge in [-0.1, -0.05) is 11.6 Å². The number of nitrogens with zero attached hydrogens (tertiary/aromatic N) is 2. The predicted octanol–water partition coefficient (Wildman–Crippen LogP) is 2.54. The zero-order chi connectivity index (χ0) is 18.7. The minimum absolute atomic E-state index is 0.0718. The highest BCUT2D eigenvalue weighted by Gasteiger charge is 2.42. The number of benzene rings is 1. The molecular weight excluding hydrogens is 356 g/mol. The quantitative estimate of drug-likeness (QED) is 0.871. The summed E-state index contributed by atoms with van der Waals surface area (Å²) in [5.74, 6) is -0.118. The van der Waals surface area contributed by atoms with E-state index in [1.165, 1.54) is 6.07 Å². The monoisotopic (exact) mass is 380 g/mol. The van der Waals surface area contributed by atoms with Crippen molar-refractivity contribution >= 4 is 23.4 Å². The lowest BCUT2D eigenvalue weighted by Gasteiger charge is -2.48. The first-order valence-electron chi connectivity index (χ1n) is 8.99. The summed E-state index contributed by atoms with van der Waals surface area (Å²) in [6.45, 7) is 3.02. The topological polar surface area (TPSA) is 70.1 Å². The van der Waals surface area contributed by atoms with Gasteiger partial charge in [0.05, 0.1) is 12.2 Å². The van der Waals surface area contributed by atoms with E-state index in [0.717, 1.165) is 19.3 Å². The van der Waals surface area contributed by atoms with Gasteiger partial charge in [-0.05, 0) is 37.5 Å². The lowest BCUT2D eigenvalue weighted by Crippen LogP contribution is -2.55. The van der Waals surface area contributed by atoms with Gasteiger partial charge in [0.1, 0.15) is 5.75 Å². The largest absolute Gasteiger partial charge is 0.507 e. The smallest absolute Gasteiger partial charge is 0.257 e. The molecule has 6 nitrogen and oxygen atoms in total. The number of piperidine rings is 2. The number of methoxy groups -OCH3 is 1. The highest BCUT2D eigenvalue weighted by Crippen LogP contribution is 2.39. The standard InChI is InChI=1S/C19H25ClN2O4/c1-26-10-9-21-12-19(7-5-17(21)24)6-2-8-22(13-19)18(25)15-4-3-14(20)11-16(15)23/h3-4,11,23H,2,5-10,12-13H2,1H3/t19-/m0/s1. The first-order chi connectivity index (χ1) is 12.4.